The molecular formula is C15H12N4O2S2. The predicted molar refractivity (Wildman–Crippen MR) is 90.2 cm³/mol. The molecule has 0 saturated carbocycles. The van der Waals surface area contributed by atoms with Crippen LogP contribution in [-0.2, 0) is 0 Å². The van der Waals surface area contributed by atoms with Crippen LogP contribution in [0, 0.1) is 6.92 Å². The van der Waals surface area contributed by atoms with Crippen LogP contribution in [0.25, 0.3) is 10.7 Å². The third kappa shape index (κ3) is 3.33. The van der Waals surface area contributed by atoms with E-state index in [4.69, 9.17) is 0 Å². The topological polar surface area (TPSA) is 84.8 Å². The Kier molecular flexibility index (Phi) is 4.26. The summed E-state index contributed by atoms with van der Waals surface area (Å²) in [6.07, 6.45) is 1.69. The van der Waals surface area contributed by atoms with E-state index in [-0.39, 0.29) is 11.7 Å². The lowest BCUT2D eigenvalue weighted by molar-refractivity contribution is 0.100. The summed E-state index contributed by atoms with van der Waals surface area (Å²) in [5, 5.41) is 5.41. The third-order valence-corrected chi connectivity index (χ3v) is 4.91. The van der Waals surface area contributed by atoms with Crippen LogP contribution in [0.4, 0.5) is 5.13 Å². The summed E-state index contributed by atoms with van der Waals surface area (Å²) in [6.45, 7) is 3.22. The summed E-state index contributed by atoms with van der Waals surface area (Å²) < 4.78 is 0. The molecule has 3 rings (SSSR count). The van der Waals surface area contributed by atoms with Gasteiger partial charge in [0.1, 0.15) is 15.6 Å². The largest absolute Gasteiger partial charge is 0.297 e. The van der Waals surface area contributed by atoms with E-state index < -0.39 is 0 Å². The van der Waals surface area contributed by atoms with Gasteiger partial charge in [-0.15, -0.1) is 22.7 Å². The molecule has 0 spiro atoms. The van der Waals surface area contributed by atoms with Gasteiger partial charge in [0, 0.05) is 18.5 Å². The van der Waals surface area contributed by atoms with Gasteiger partial charge in [-0.2, -0.15) is 0 Å². The lowest BCUT2D eigenvalue weighted by atomic mass is 10.3. The standard InChI is InChI=1S/C15H12N4O2S2/c1-8-12(23-14(17-8)10-5-3-4-6-16-10)13(21)19-15-18-11(7-22-15)9(2)20/h3-7H,1-2H3,(H,18,19,21). The minimum atomic E-state index is -0.286. The van der Waals surface area contributed by atoms with Crippen LogP contribution in [0.15, 0.2) is 29.8 Å². The molecule has 0 saturated heterocycles. The first-order chi connectivity index (χ1) is 11.0. The molecule has 1 amide bonds. The fourth-order valence-electron chi connectivity index (χ4n) is 1.85. The van der Waals surface area contributed by atoms with Crippen molar-refractivity contribution in [1.29, 1.82) is 0 Å². The second-order valence-corrected chi connectivity index (χ2v) is 6.55. The molecule has 23 heavy (non-hydrogen) atoms. The van der Waals surface area contributed by atoms with Gasteiger partial charge in [0.2, 0.25) is 0 Å². The number of aromatic nitrogens is 3. The highest BCUT2D eigenvalue weighted by molar-refractivity contribution is 7.17. The molecule has 116 valence electrons. The molecule has 0 radical (unpaired) electrons. The number of hydrogen-bond acceptors (Lipinski definition) is 7. The fourth-order valence-corrected chi connectivity index (χ4v) is 3.54. The van der Waals surface area contributed by atoms with Crippen molar-refractivity contribution in [1.82, 2.24) is 15.0 Å². The van der Waals surface area contributed by atoms with Crippen molar-refractivity contribution in [3.05, 3.63) is 46.0 Å². The van der Waals surface area contributed by atoms with E-state index in [0.717, 1.165) is 5.69 Å². The van der Waals surface area contributed by atoms with Gasteiger partial charge in [0.25, 0.3) is 5.91 Å². The van der Waals surface area contributed by atoms with Crippen LogP contribution in [0.1, 0.15) is 32.8 Å². The summed E-state index contributed by atoms with van der Waals surface area (Å²) in [7, 11) is 0. The van der Waals surface area contributed by atoms with Crippen molar-refractivity contribution in [2.75, 3.05) is 5.32 Å². The Morgan fingerprint density at radius 3 is 2.70 bits per heavy atom. The summed E-state index contributed by atoms with van der Waals surface area (Å²) in [5.74, 6) is -0.417. The Bertz CT molecular complexity index is 871. The molecule has 0 aliphatic heterocycles. The maximum absolute atomic E-state index is 12.4. The maximum Gasteiger partial charge on any atom is 0.269 e. The third-order valence-electron chi connectivity index (χ3n) is 2.97. The lowest BCUT2D eigenvalue weighted by Crippen LogP contribution is -2.11. The Balaban J connectivity index is 1.82. The van der Waals surface area contributed by atoms with Gasteiger partial charge in [0.15, 0.2) is 10.9 Å². The monoisotopic (exact) mass is 344 g/mol. The molecule has 0 bridgehead atoms. The van der Waals surface area contributed by atoms with E-state index in [1.807, 2.05) is 18.2 Å². The van der Waals surface area contributed by atoms with Crippen molar-refractivity contribution in [3.63, 3.8) is 0 Å². The average molecular weight is 344 g/mol. The van der Waals surface area contributed by atoms with Crippen LogP contribution in [0.2, 0.25) is 0 Å². The summed E-state index contributed by atoms with van der Waals surface area (Å²) in [5.41, 5.74) is 1.71. The van der Waals surface area contributed by atoms with E-state index in [1.54, 1.807) is 18.5 Å². The molecule has 6 nitrogen and oxygen atoms in total. The molecule has 0 unspecified atom stereocenters. The quantitative estimate of drug-likeness (QED) is 0.733. The number of nitrogens with zero attached hydrogens (tertiary/aromatic N) is 3. The fraction of sp³-hybridized carbons (Fsp3) is 0.133. The van der Waals surface area contributed by atoms with E-state index in [2.05, 4.69) is 20.3 Å². The SMILES string of the molecule is CC(=O)c1csc(NC(=O)c2sc(-c3ccccn3)nc2C)n1. The van der Waals surface area contributed by atoms with Crippen LogP contribution in [-0.4, -0.2) is 26.6 Å². The first kappa shape index (κ1) is 15.4. The van der Waals surface area contributed by atoms with E-state index in [0.29, 0.717) is 26.4 Å². The van der Waals surface area contributed by atoms with Crippen molar-refractivity contribution in [3.8, 4) is 10.7 Å². The highest BCUT2D eigenvalue weighted by Crippen LogP contribution is 2.27. The Labute approximate surface area is 140 Å². The molecule has 0 fully saturated rings. The van der Waals surface area contributed by atoms with Crippen molar-refractivity contribution < 1.29 is 9.59 Å². The number of carbonyl (C=O) groups is 2. The van der Waals surface area contributed by atoms with Crippen molar-refractivity contribution in [2.45, 2.75) is 13.8 Å². The number of anilines is 1. The van der Waals surface area contributed by atoms with E-state index in [9.17, 15) is 9.59 Å². The number of nitrogens with one attached hydrogen (secondary N) is 1. The zero-order valence-corrected chi connectivity index (χ0v) is 14.0. The van der Waals surface area contributed by atoms with E-state index >= 15 is 0 Å². The number of thiazole rings is 2. The van der Waals surface area contributed by atoms with Crippen LogP contribution in [0.5, 0.6) is 0 Å². The van der Waals surface area contributed by atoms with Gasteiger partial charge < -0.3 is 0 Å². The van der Waals surface area contributed by atoms with Gasteiger partial charge in [0.05, 0.1) is 11.4 Å². The van der Waals surface area contributed by atoms with Crippen LogP contribution in [0.3, 0.4) is 0 Å². The number of ketones is 1. The Morgan fingerprint density at radius 2 is 2.04 bits per heavy atom. The molecule has 0 aromatic carbocycles. The predicted octanol–water partition coefficient (Wildman–Crippen LogP) is 3.42. The smallest absolute Gasteiger partial charge is 0.269 e. The minimum absolute atomic E-state index is 0.131. The number of pyridine rings is 1. The van der Waals surface area contributed by atoms with Gasteiger partial charge in [-0.3, -0.25) is 19.9 Å². The molecule has 3 heterocycles. The Hall–Kier alpha value is -2.45. The zero-order chi connectivity index (χ0) is 16.4. The average Bonchev–Trinajstić information content (AvgIpc) is 3.15. The van der Waals surface area contributed by atoms with E-state index in [1.165, 1.54) is 29.6 Å². The van der Waals surface area contributed by atoms with Gasteiger partial charge in [-0.25, -0.2) is 9.97 Å². The van der Waals surface area contributed by atoms with Crippen LogP contribution >= 0.6 is 22.7 Å². The van der Waals surface area contributed by atoms with Crippen LogP contribution < -0.4 is 5.32 Å². The molecule has 3 aromatic rings. The molecule has 3 aromatic heterocycles. The second kappa shape index (κ2) is 6.35. The zero-order valence-electron chi connectivity index (χ0n) is 12.4. The molecule has 8 heteroatoms. The number of amides is 1. The van der Waals surface area contributed by atoms with Gasteiger partial charge >= 0.3 is 0 Å². The molecule has 0 atom stereocenters. The summed E-state index contributed by atoms with van der Waals surface area (Å²) in [4.78, 5) is 36.8. The number of aryl methyl sites for hydroxylation is 1. The number of rotatable bonds is 4. The normalized spacial score (nSPS) is 10.5. The van der Waals surface area contributed by atoms with Gasteiger partial charge in [-0.05, 0) is 19.1 Å². The Morgan fingerprint density at radius 1 is 1.22 bits per heavy atom. The number of carbonyl (C=O) groups excluding carboxylic acids is 2. The highest BCUT2D eigenvalue weighted by atomic mass is 32.1. The molecule has 0 aliphatic carbocycles. The lowest BCUT2D eigenvalue weighted by Gasteiger charge is -1.98. The first-order valence-corrected chi connectivity index (χ1v) is 8.41. The molecule has 0 aliphatic rings. The molecule has 1 N–H and O–H groups in total. The first-order valence-electron chi connectivity index (χ1n) is 6.71. The number of Topliss-reactive ketones (excluding diaryl/α,β-unsaturated/α-hetero) is 1. The molecular weight excluding hydrogens is 332 g/mol. The minimum Gasteiger partial charge on any atom is -0.297 e. The van der Waals surface area contributed by atoms with Crippen molar-refractivity contribution in [2.24, 2.45) is 0 Å². The second-order valence-electron chi connectivity index (χ2n) is 4.70. The number of hydrogen-bond donors (Lipinski definition) is 1. The summed E-state index contributed by atoms with van der Waals surface area (Å²) >= 11 is 2.50. The highest BCUT2D eigenvalue weighted by Gasteiger charge is 2.18. The van der Waals surface area contributed by atoms with Gasteiger partial charge in [-0.1, -0.05) is 6.07 Å². The van der Waals surface area contributed by atoms with Crippen molar-refractivity contribution >= 4 is 39.5 Å². The summed E-state index contributed by atoms with van der Waals surface area (Å²) in [6, 6.07) is 5.55. The maximum atomic E-state index is 12.4.